The maximum Gasteiger partial charge on any atom is 0.171 e. The third kappa shape index (κ3) is 4.05. The molecule has 0 radical (unpaired) electrons. The zero-order valence-electron chi connectivity index (χ0n) is 10.4. The van der Waals surface area contributed by atoms with Crippen LogP contribution >= 0.6 is 12.2 Å². The largest absolute Gasteiger partial charge is 0.394 e. The number of rotatable bonds is 4. The molecular formula is C15H16N2OS. The fourth-order valence-electron chi connectivity index (χ4n) is 1.77. The molecule has 2 aromatic carbocycles. The molecule has 98 valence electrons. The van der Waals surface area contributed by atoms with Crippen LogP contribution in [-0.2, 0) is 0 Å². The molecule has 0 bridgehead atoms. The van der Waals surface area contributed by atoms with E-state index in [1.807, 2.05) is 60.7 Å². The predicted octanol–water partition coefficient (Wildman–Crippen LogP) is 2.71. The van der Waals surface area contributed by atoms with Crippen LogP contribution < -0.4 is 10.6 Å². The Labute approximate surface area is 118 Å². The number of hydrogen-bond acceptors (Lipinski definition) is 2. The highest BCUT2D eigenvalue weighted by atomic mass is 32.1. The lowest BCUT2D eigenvalue weighted by Gasteiger charge is -2.19. The average molecular weight is 272 g/mol. The highest BCUT2D eigenvalue weighted by Crippen LogP contribution is 2.12. The number of hydrogen-bond donors (Lipinski definition) is 3. The third-order valence-corrected chi connectivity index (χ3v) is 2.94. The summed E-state index contributed by atoms with van der Waals surface area (Å²) in [5, 5.41) is 16.1. The molecule has 0 saturated carbocycles. The molecular weight excluding hydrogens is 256 g/mol. The van der Waals surface area contributed by atoms with Gasteiger partial charge in [0.25, 0.3) is 0 Å². The summed E-state index contributed by atoms with van der Waals surface area (Å²) in [5.74, 6) is 0. The molecule has 3 nitrogen and oxygen atoms in total. The van der Waals surface area contributed by atoms with E-state index in [0.717, 1.165) is 11.3 Å². The lowest BCUT2D eigenvalue weighted by atomic mass is 10.1. The van der Waals surface area contributed by atoms with Crippen LogP contribution in [-0.4, -0.2) is 16.8 Å². The van der Waals surface area contributed by atoms with E-state index in [1.54, 1.807) is 0 Å². The second kappa shape index (κ2) is 6.87. The molecule has 0 unspecified atom stereocenters. The smallest absolute Gasteiger partial charge is 0.171 e. The second-order valence-corrected chi connectivity index (χ2v) is 4.52. The van der Waals surface area contributed by atoms with Crippen molar-refractivity contribution in [1.82, 2.24) is 5.32 Å². The minimum Gasteiger partial charge on any atom is -0.394 e. The quantitative estimate of drug-likeness (QED) is 0.749. The van der Waals surface area contributed by atoms with E-state index in [9.17, 15) is 5.11 Å². The Morgan fingerprint density at radius 3 is 2.16 bits per heavy atom. The van der Waals surface area contributed by atoms with Gasteiger partial charge in [-0.2, -0.15) is 0 Å². The monoisotopic (exact) mass is 272 g/mol. The number of para-hydroxylation sites is 1. The molecule has 19 heavy (non-hydrogen) atoms. The molecule has 0 saturated heterocycles. The normalized spacial score (nSPS) is 11.6. The number of benzene rings is 2. The van der Waals surface area contributed by atoms with Gasteiger partial charge in [-0.15, -0.1) is 0 Å². The van der Waals surface area contributed by atoms with Crippen molar-refractivity contribution < 1.29 is 5.11 Å². The summed E-state index contributed by atoms with van der Waals surface area (Å²) in [7, 11) is 0. The molecule has 2 rings (SSSR count). The van der Waals surface area contributed by atoms with Crippen molar-refractivity contribution in [2.75, 3.05) is 11.9 Å². The van der Waals surface area contributed by atoms with E-state index >= 15 is 0 Å². The number of anilines is 1. The topological polar surface area (TPSA) is 44.3 Å². The van der Waals surface area contributed by atoms with Crippen LogP contribution in [0.15, 0.2) is 60.7 Å². The zero-order valence-corrected chi connectivity index (χ0v) is 11.2. The van der Waals surface area contributed by atoms with E-state index < -0.39 is 0 Å². The van der Waals surface area contributed by atoms with Gasteiger partial charge in [0.15, 0.2) is 5.11 Å². The summed E-state index contributed by atoms with van der Waals surface area (Å²) in [6.07, 6.45) is 0. The van der Waals surface area contributed by atoms with E-state index in [2.05, 4.69) is 10.6 Å². The van der Waals surface area contributed by atoms with E-state index in [4.69, 9.17) is 12.2 Å². The predicted molar refractivity (Wildman–Crippen MR) is 82.1 cm³/mol. The Hall–Kier alpha value is -1.91. The first kappa shape index (κ1) is 13.5. The van der Waals surface area contributed by atoms with Gasteiger partial charge in [0, 0.05) is 5.69 Å². The first-order valence-corrected chi connectivity index (χ1v) is 6.49. The molecule has 4 heteroatoms. The van der Waals surface area contributed by atoms with Crippen molar-refractivity contribution in [3.8, 4) is 0 Å². The minimum absolute atomic E-state index is 0.0133. The summed E-state index contributed by atoms with van der Waals surface area (Å²) in [4.78, 5) is 0. The van der Waals surface area contributed by atoms with Gasteiger partial charge in [-0.3, -0.25) is 0 Å². The molecule has 0 heterocycles. The molecule has 0 amide bonds. The SMILES string of the molecule is OC[C@@H](NC(=S)Nc1ccccc1)c1ccccc1. The molecule has 1 atom stereocenters. The first-order chi connectivity index (χ1) is 9.29. The molecule has 0 aromatic heterocycles. The van der Waals surface area contributed by atoms with Crippen LogP contribution in [0.25, 0.3) is 0 Å². The first-order valence-electron chi connectivity index (χ1n) is 6.08. The van der Waals surface area contributed by atoms with Crippen LogP contribution in [0.3, 0.4) is 0 Å². The average Bonchev–Trinajstić information content (AvgIpc) is 2.47. The van der Waals surface area contributed by atoms with Crippen molar-refractivity contribution >= 4 is 23.0 Å². The second-order valence-electron chi connectivity index (χ2n) is 4.11. The minimum atomic E-state index is -0.204. The maximum atomic E-state index is 9.44. The number of aliphatic hydroxyl groups excluding tert-OH is 1. The van der Waals surface area contributed by atoms with Gasteiger partial charge >= 0.3 is 0 Å². The van der Waals surface area contributed by atoms with E-state index in [-0.39, 0.29) is 12.6 Å². The molecule has 0 aliphatic carbocycles. The Kier molecular flexibility index (Phi) is 4.89. The van der Waals surface area contributed by atoms with Gasteiger partial charge in [-0.1, -0.05) is 48.5 Å². The van der Waals surface area contributed by atoms with E-state index in [0.29, 0.717) is 5.11 Å². The van der Waals surface area contributed by atoms with Gasteiger partial charge in [-0.05, 0) is 29.9 Å². The summed E-state index contributed by atoms with van der Waals surface area (Å²) in [6.45, 7) is -0.0133. The highest BCUT2D eigenvalue weighted by Gasteiger charge is 2.10. The molecule has 3 N–H and O–H groups in total. The van der Waals surface area contributed by atoms with Crippen molar-refractivity contribution in [2.24, 2.45) is 0 Å². The zero-order chi connectivity index (χ0) is 13.5. The Balaban J connectivity index is 1.97. The van der Waals surface area contributed by atoms with Crippen molar-refractivity contribution in [3.05, 3.63) is 66.2 Å². The standard InChI is InChI=1S/C15H16N2OS/c18-11-14(12-7-3-1-4-8-12)17-15(19)16-13-9-5-2-6-10-13/h1-10,14,18H,11H2,(H2,16,17,19)/t14-/m1/s1. The fourth-order valence-corrected chi connectivity index (χ4v) is 2.03. The van der Waals surface area contributed by atoms with Crippen LogP contribution in [0.2, 0.25) is 0 Å². The van der Waals surface area contributed by atoms with Gasteiger partial charge in [-0.25, -0.2) is 0 Å². The molecule has 0 aliphatic heterocycles. The summed E-state index contributed by atoms with van der Waals surface area (Å²) < 4.78 is 0. The Morgan fingerprint density at radius 1 is 1.00 bits per heavy atom. The van der Waals surface area contributed by atoms with Crippen LogP contribution in [0, 0.1) is 0 Å². The number of aliphatic hydroxyl groups is 1. The fraction of sp³-hybridized carbons (Fsp3) is 0.133. The number of nitrogens with one attached hydrogen (secondary N) is 2. The van der Waals surface area contributed by atoms with Crippen LogP contribution in [0.4, 0.5) is 5.69 Å². The summed E-state index contributed by atoms with van der Waals surface area (Å²) >= 11 is 5.25. The third-order valence-electron chi connectivity index (χ3n) is 2.72. The molecule has 2 aromatic rings. The van der Waals surface area contributed by atoms with Crippen LogP contribution in [0.5, 0.6) is 0 Å². The Bertz CT molecular complexity index is 516. The summed E-state index contributed by atoms with van der Waals surface area (Å²) in [5.41, 5.74) is 1.92. The molecule has 0 aliphatic rings. The van der Waals surface area contributed by atoms with Crippen molar-refractivity contribution in [1.29, 1.82) is 0 Å². The van der Waals surface area contributed by atoms with E-state index in [1.165, 1.54) is 0 Å². The molecule has 0 spiro atoms. The van der Waals surface area contributed by atoms with Crippen molar-refractivity contribution in [2.45, 2.75) is 6.04 Å². The Morgan fingerprint density at radius 2 is 1.58 bits per heavy atom. The summed E-state index contributed by atoms with van der Waals surface area (Å²) in [6, 6.07) is 19.2. The van der Waals surface area contributed by atoms with Gasteiger partial charge in [0.2, 0.25) is 0 Å². The lowest BCUT2D eigenvalue weighted by Crippen LogP contribution is -2.34. The number of thiocarbonyl (C=S) groups is 1. The lowest BCUT2D eigenvalue weighted by molar-refractivity contribution is 0.258. The van der Waals surface area contributed by atoms with Gasteiger partial charge in [0.05, 0.1) is 12.6 Å². The van der Waals surface area contributed by atoms with Gasteiger partial charge in [0.1, 0.15) is 0 Å². The maximum absolute atomic E-state index is 9.44. The highest BCUT2D eigenvalue weighted by molar-refractivity contribution is 7.80. The van der Waals surface area contributed by atoms with Crippen molar-refractivity contribution in [3.63, 3.8) is 0 Å². The molecule has 0 fully saturated rings. The van der Waals surface area contributed by atoms with Crippen LogP contribution in [0.1, 0.15) is 11.6 Å². The van der Waals surface area contributed by atoms with Gasteiger partial charge < -0.3 is 15.7 Å².